The van der Waals surface area contributed by atoms with Crippen molar-refractivity contribution in [3.05, 3.63) is 54.1 Å². The molecule has 3 aromatic rings. The molecule has 0 aromatic carbocycles. The highest BCUT2D eigenvalue weighted by Crippen LogP contribution is 2.26. The molecular formula is C18H18N6S. The summed E-state index contributed by atoms with van der Waals surface area (Å²) in [6, 6.07) is 9.95. The Labute approximate surface area is 150 Å². The number of aromatic nitrogens is 4. The fraction of sp³-hybridized carbons (Fsp3) is 0.222. The molecule has 0 atom stereocenters. The Bertz CT molecular complexity index is 898. The number of nitrogens with one attached hydrogen (secondary N) is 2. The predicted molar refractivity (Wildman–Crippen MR) is 101 cm³/mol. The fourth-order valence-electron chi connectivity index (χ4n) is 2.89. The van der Waals surface area contributed by atoms with Crippen molar-refractivity contribution in [2.45, 2.75) is 24.2 Å². The van der Waals surface area contributed by atoms with E-state index in [1.807, 2.05) is 30.5 Å². The molecule has 3 aromatic heterocycles. The number of nitrogens with zero attached hydrogens (tertiary/aromatic N) is 4. The minimum atomic E-state index is 0.688. The van der Waals surface area contributed by atoms with Gasteiger partial charge in [0.15, 0.2) is 0 Å². The van der Waals surface area contributed by atoms with Gasteiger partial charge in [-0.15, -0.1) is 11.8 Å². The van der Waals surface area contributed by atoms with Gasteiger partial charge < -0.3 is 10.6 Å². The summed E-state index contributed by atoms with van der Waals surface area (Å²) in [5.41, 5.74) is 2.55. The van der Waals surface area contributed by atoms with Crippen molar-refractivity contribution in [3.8, 4) is 0 Å². The number of hydrogen-bond donors (Lipinski definition) is 2. The van der Waals surface area contributed by atoms with Crippen LogP contribution in [0.4, 0.5) is 23.3 Å². The molecule has 4 rings (SSSR count). The normalized spacial score (nSPS) is 12.7. The van der Waals surface area contributed by atoms with Gasteiger partial charge in [0.2, 0.25) is 0 Å². The van der Waals surface area contributed by atoms with Crippen LogP contribution in [0.2, 0.25) is 0 Å². The van der Waals surface area contributed by atoms with E-state index in [-0.39, 0.29) is 0 Å². The molecule has 126 valence electrons. The van der Waals surface area contributed by atoms with Gasteiger partial charge in [-0.1, -0.05) is 6.07 Å². The van der Waals surface area contributed by atoms with Crippen molar-refractivity contribution >= 4 is 35.0 Å². The Morgan fingerprint density at radius 3 is 2.72 bits per heavy atom. The van der Waals surface area contributed by atoms with Crippen LogP contribution < -0.4 is 10.6 Å². The molecule has 0 unspecified atom stereocenters. The third-order valence-electron chi connectivity index (χ3n) is 4.09. The first-order valence-electron chi connectivity index (χ1n) is 8.16. The zero-order valence-corrected chi connectivity index (χ0v) is 14.7. The minimum Gasteiger partial charge on any atom is -0.325 e. The van der Waals surface area contributed by atoms with Crippen molar-refractivity contribution in [1.82, 2.24) is 19.9 Å². The molecule has 25 heavy (non-hydrogen) atoms. The average Bonchev–Trinajstić information content (AvgIpc) is 3.10. The van der Waals surface area contributed by atoms with Crippen LogP contribution in [0, 0.1) is 0 Å². The quantitative estimate of drug-likeness (QED) is 0.674. The van der Waals surface area contributed by atoms with E-state index < -0.39 is 0 Å². The standard InChI is InChI=1S/C18H18N6S/c1-25-14-6-3-9-19-18(14)24-17-10-16(20-11-21-17)23-15-8-7-12-4-2-5-13(12)22-15/h3,6-11H,2,4-5H2,1H3,(H2,19,20,21,22,23,24). The number of thioether (sulfide) groups is 1. The highest BCUT2D eigenvalue weighted by Gasteiger charge is 2.13. The van der Waals surface area contributed by atoms with E-state index in [1.54, 1.807) is 18.0 Å². The summed E-state index contributed by atoms with van der Waals surface area (Å²) >= 11 is 1.64. The Morgan fingerprint density at radius 2 is 1.84 bits per heavy atom. The molecule has 1 aliphatic carbocycles. The SMILES string of the molecule is CSc1cccnc1Nc1cc(Nc2ccc3c(n2)CCC3)ncn1. The van der Waals surface area contributed by atoms with Crippen LogP contribution in [0.25, 0.3) is 0 Å². The lowest BCUT2D eigenvalue weighted by molar-refractivity contribution is 0.900. The van der Waals surface area contributed by atoms with E-state index >= 15 is 0 Å². The summed E-state index contributed by atoms with van der Waals surface area (Å²) < 4.78 is 0. The third kappa shape index (κ3) is 3.56. The van der Waals surface area contributed by atoms with E-state index in [4.69, 9.17) is 0 Å². The summed E-state index contributed by atoms with van der Waals surface area (Å²) in [4.78, 5) is 18.7. The highest BCUT2D eigenvalue weighted by atomic mass is 32.2. The summed E-state index contributed by atoms with van der Waals surface area (Å²) in [6.07, 6.45) is 8.69. The summed E-state index contributed by atoms with van der Waals surface area (Å²) in [6.45, 7) is 0. The van der Waals surface area contributed by atoms with Gasteiger partial charge in [0.05, 0.1) is 0 Å². The lowest BCUT2D eigenvalue weighted by atomic mass is 10.2. The number of pyridine rings is 2. The zero-order valence-electron chi connectivity index (χ0n) is 13.9. The molecule has 0 fully saturated rings. The Kier molecular flexibility index (Phi) is 4.47. The average molecular weight is 350 g/mol. The number of anilines is 4. The van der Waals surface area contributed by atoms with Crippen LogP contribution >= 0.6 is 11.8 Å². The minimum absolute atomic E-state index is 0.688. The number of aryl methyl sites for hydroxylation is 2. The van der Waals surface area contributed by atoms with E-state index in [1.165, 1.54) is 24.0 Å². The number of rotatable bonds is 5. The van der Waals surface area contributed by atoms with Gasteiger partial charge in [0.25, 0.3) is 0 Å². The second-order valence-corrected chi connectivity index (χ2v) is 6.60. The van der Waals surface area contributed by atoms with Crippen molar-refractivity contribution < 1.29 is 0 Å². The first-order chi connectivity index (χ1) is 12.3. The molecule has 1 aliphatic rings. The molecule has 0 bridgehead atoms. The van der Waals surface area contributed by atoms with E-state index in [2.05, 4.69) is 36.6 Å². The van der Waals surface area contributed by atoms with Crippen LogP contribution in [-0.2, 0) is 12.8 Å². The monoisotopic (exact) mass is 350 g/mol. The van der Waals surface area contributed by atoms with E-state index in [0.717, 1.165) is 29.4 Å². The van der Waals surface area contributed by atoms with Crippen LogP contribution in [0.5, 0.6) is 0 Å². The Hall–Kier alpha value is -2.67. The van der Waals surface area contributed by atoms with E-state index in [9.17, 15) is 0 Å². The Balaban J connectivity index is 1.53. The van der Waals surface area contributed by atoms with Gasteiger partial charge in [-0.25, -0.2) is 19.9 Å². The van der Waals surface area contributed by atoms with Gasteiger partial charge in [0, 0.05) is 22.9 Å². The molecular weight excluding hydrogens is 332 g/mol. The molecule has 0 saturated heterocycles. The smallest absolute Gasteiger partial charge is 0.145 e. The van der Waals surface area contributed by atoms with Crippen molar-refractivity contribution in [2.24, 2.45) is 0 Å². The lowest BCUT2D eigenvalue weighted by Crippen LogP contribution is -2.02. The topological polar surface area (TPSA) is 75.6 Å². The molecule has 0 amide bonds. The summed E-state index contributed by atoms with van der Waals surface area (Å²) in [7, 11) is 0. The summed E-state index contributed by atoms with van der Waals surface area (Å²) in [5, 5.41) is 6.51. The fourth-order valence-corrected chi connectivity index (χ4v) is 3.40. The predicted octanol–water partition coefficient (Wildman–Crippen LogP) is 3.96. The molecule has 0 radical (unpaired) electrons. The third-order valence-corrected chi connectivity index (χ3v) is 4.86. The first-order valence-corrected chi connectivity index (χ1v) is 9.38. The molecule has 6 nitrogen and oxygen atoms in total. The molecule has 2 N–H and O–H groups in total. The van der Waals surface area contributed by atoms with Gasteiger partial charge in [-0.05, 0) is 49.3 Å². The molecule has 7 heteroatoms. The van der Waals surface area contributed by atoms with Crippen LogP contribution in [0.1, 0.15) is 17.7 Å². The maximum atomic E-state index is 4.68. The Morgan fingerprint density at radius 1 is 0.960 bits per heavy atom. The van der Waals surface area contributed by atoms with Gasteiger partial charge in [0.1, 0.15) is 29.6 Å². The van der Waals surface area contributed by atoms with Crippen molar-refractivity contribution in [3.63, 3.8) is 0 Å². The molecule has 0 spiro atoms. The number of fused-ring (bicyclic) bond motifs is 1. The largest absolute Gasteiger partial charge is 0.325 e. The lowest BCUT2D eigenvalue weighted by Gasteiger charge is -2.10. The molecule has 0 aliphatic heterocycles. The second-order valence-electron chi connectivity index (χ2n) is 5.75. The molecule has 3 heterocycles. The van der Waals surface area contributed by atoms with Crippen LogP contribution in [0.3, 0.4) is 0 Å². The van der Waals surface area contributed by atoms with E-state index in [0.29, 0.717) is 11.6 Å². The molecule has 0 saturated carbocycles. The van der Waals surface area contributed by atoms with Gasteiger partial charge in [-0.3, -0.25) is 0 Å². The van der Waals surface area contributed by atoms with Gasteiger partial charge in [-0.2, -0.15) is 0 Å². The maximum Gasteiger partial charge on any atom is 0.145 e. The second kappa shape index (κ2) is 7.06. The van der Waals surface area contributed by atoms with Crippen LogP contribution in [0.15, 0.2) is 47.8 Å². The highest BCUT2D eigenvalue weighted by molar-refractivity contribution is 7.98. The van der Waals surface area contributed by atoms with Gasteiger partial charge >= 0.3 is 0 Å². The zero-order chi connectivity index (χ0) is 17.1. The van der Waals surface area contributed by atoms with Crippen molar-refractivity contribution in [2.75, 3.05) is 16.9 Å². The van der Waals surface area contributed by atoms with Crippen LogP contribution in [-0.4, -0.2) is 26.2 Å². The number of hydrogen-bond acceptors (Lipinski definition) is 7. The summed E-state index contributed by atoms with van der Waals surface area (Å²) in [5.74, 6) is 2.99. The first kappa shape index (κ1) is 15.8. The maximum absolute atomic E-state index is 4.68. The van der Waals surface area contributed by atoms with Crippen molar-refractivity contribution in [1.29, 1.82) is 0 Å².